The van der Waals surface area contributed by atoms with Gasteiger partial charge >= 0.3 is 0 Å². The molecule has 1 saturated carbocycles. The van der Waals surface area contributed by atoms with Crippen LogP contribution in [0.5, 0.6) is 0 Å². The summed E-state index contributed by atoms with van der Waals surface area (Å²) in [6, 6.07) is 0. The van der Waals surface area contributed by atoms with Crippen LogP contribution in [-0.4, -0.2) is 6.26 Å². The Labute approximate surface area is 68.1 Å². The van der Waals surface area contributed by atoms with Gasteiger partial charge in [0.05, 0.1) is 0 Å². The van der Waals surface area contributed by atoms with Gasteiger partial charge in [0.15, 0.2) is 0 Å². The summed E-state index contributed by atoms with van der Waals surface area (Å²) in [4.78, 5) is 0. The highest BCUT2D eigenvalue weighted by atomic mass is 32.2. The van der Waals surface area contributed by atoms with Gasteiger partial charge in [0.1, 0.15) is 0 Å². The molecule has 1 aliphatic rings. The second-order valence-corrected chi connectivity index (χ2v) is 3.71. The largest absolute Gasteiger partial charge is 0.138 e. The minimum absolute atomic E-state index is 0.904. The number of allylic oxidation sites excluding steroid dienone is 1. The smallest absolute Gasteiger partial charge is 0.0142 e. The van der Waals surface area contributed by atoms with Gasteiger partial charge in [0.25, 0.3) is 0 Å². The summed E-state index contributed by atoms with van der Waals surface area (Å²) in [6.45, 7) is 0. The van der Waals surface area contributed by atoms with Gasteiger partial charge in [0.2, 0.25) is 0 Å². The second kappa shape index (κ2) is 4.84. The molecule has 1 heteroatoms. The summed E-state index contributed by atoms with van der Waals surface area (Å²) in [5, 5.41) is 2.23. The lowest BCUT2D eigenvalue weighted by atomic mass is 9.90. The van der Waals surface area contributed by atoms with Gasteiger partial charge in [-0.1, -0.05) is 25.3 Å². The number of rotatable bonds is 2. The average Bonchev–Trinajstić information content (AvgIpc) is 2.03. The summed E-state index contributed by atoms with van der Waals surface area (Å²) in [6.07, 6.45) is 11.7. The Kier molecular flexibility index (Phi) is 3.96. The maximum atomic E-state index is 2.38. The topological polar surface area (TPSA) is 0 Å². The van der Waals surface area contributed by atoms with E-state index in [0.717, 1.165) is 5.92 Å². The molecule has 0 amide bonds. The minimum atomic E-state index is 0.904. The fourth-order valence-corrected chi connectivity index (χ4v) is 1.90. The van der Waals surface area contributed by atoms with Crippen molar-refractivity contribution in [2.75, 3.05) is 6.26 Å². The van der Waals surface area contributed by atoms with E-state index in [1.807, 2.05) is 11.8 Å². The van der Waals surface area contributed by atoms with Crippen LogP contribution in [0.1, 0.15) is 32.1 Å². The van der Waals surface area contributed by atoms with Crippen molar-refractivity contribution in [2.24, 2.45) is 5.92 Å². The maximum absolute atomic E-state index is 2.38. The van der Waals surface area contributed by atoms with Crippen LogP contribution in [0.25, 0.3) is 0 Å². The third-order valence-corrected chi connectivity index (χ3v) is 2.57. The molecule has 58 valence electrons. The Morgan fingerprint density at radius 1 is 1.20 bits per heavy atom. The van der Waals surface area contributed by atoms with Crippen LogP contribution >= 0.6 is 11.8 Å². The van der Waals surface area contributed by atoms with Crippen molar-refractivity contribution in [3.63, 3.8) is 0 Å². The molecular weight excluding hydrogens is 140 g/mol. The lowest BCUT2D eigenvalue weighted by molar-refractivity contribution is 0.420. The van der Waals surface area contributed by atoms with Crippen molar-refractivity contribution in [1.29, 1.82) is 0 Å². The Morgan fingerprint density at radius 2 is 1.90 bits per heavy atom. The molecule has 0 saturated heterocycles. The third kappa shape index (κ3) is 2.78. The average molecular weight is 156 g/mol. The molecule has 0 nitrogen and oxygen atoms in total. The normalized spacial score (nSPS) is 22.1. The minimum Gasteiger partial charge on any atom is -0.138 e. The first-order valence-electron chi connectivity index (χ1n) is 4.13. The molecule has 0 heterocycles. The van der Waals surface area contributed by atoms with Gasteiger partial charge in [-0.2, -0.15) is 0 Å². The molecule has 10 heavy (non-hydrogen) atoms. The molecule has 0 radical (unpaired) electrons. The molecule has 1 fully saturated rings. The Morgan fingerprint density at radius 3 is 2.50 bits per heavy atom. The number of hydrogen-bond donors (Lipinski definition) is 0. The molecule has 0 aromatic carbocycles. The van der Waals surface area contributed by atoms with Crippen molar-refractivity contribution in [3.05, 3.63) is 11.5 Å². The van der Waals surface area contributed by atoms with Gasteiger partial charge in [-0.25, -0.2) is 0 Å². The SMILES string of the molecule is CSC=CC1CCCCC1. The van der Waals surface area contributed by atoms with Crippen LogP contribution in [0, 0.1) is 5.92 Å². The Balaban J connectivity index is 2.19. The Hall–Kier alpha value is 0.0900. The molecule has 1 rings (SSSR count). The summed E-state index contributed by atoms with van der Waals surface area (Å²) in [5.74, 6) is 0.904. The van der Waals surface area contributed by atoms with E-state index >= 15 is 0 Å². The highest BCUT2D eigenvalue weighted by Crippen LogP contribution is 2.24. The molecule has 0 aliphatic heterocycles. The molecule has 0 atom stereocenters. The molecule has 0 aromatic heterocycles. The van der Waals surface area contributed by atoms with Gasteiger partial charge in [-0.05, 0) is 30.4 Å². The van der Waals surface area contributed by atoms with Crippen LogP contribution in [0.3, 0.4) is 0 Å². The fraction of sp³-hybridized carbons (Fsp3) is 0.778. The van der Waals surface area contributed by atoms with E-state index in [4.69, 9.17) is 0 Å². The van der Waals surface area contributed by atoms with Crippen molar-refractivity contribution in [1.82, 2.24) is 0 Å². The zero-order chi connectivity index (χ0) is 7.23. The fourth-order valence-electron chi connectivity index (χ4n) is 1.52. The van der Waals surface area contributed by atoms with E-state index in [1.165, 1.54) is 32.1 Å². The summed E-state index contributed by atoms with van der Waals surface area (Å²) in [5.41, 5.74) is 0. The van der Waals surface area contributed by atoms with Gasteiger partial charge in [0, 0.05) is 0 Å². The highest BCUT2D eigenvalue weighted by molar-refractivity contribution is 8.01. The molecule has 0 spiro atoms. The van der Waals surface area contributed by atoms with Crippen LogP contribution in [0.2, 0.25) is 0 Å². The monoisotopic (exact) mass is 156 g/mol. The first-order chi connectivity index (χ1) is 4.93. The van der Waals surface area contributed by atoms with Crippen molar-refractivity contribution < 1.29 is 0 Å². The van der Waals surface area contributed by atoms with Crippen molar-refractivity contribution in [2.45, 2.75) is 32.1 Å². The zero-order valence-electron chi connectivity index (χ0n) is 6.68. The standard InChI is InChI=1S/C9H16S/c1-10-8-7-9-5-3-2-4-6-9/h7-9H,2-6H2,1H3. The lowest BCUT2D eigenvalue weighted by Gasteiger charge is -2.17. The number of thioether (sulfide) groups is 1. The predicted octanol–water partition coefficient (Wildman–Crippen LogP) is 3.44. The van der Waals surface area contributed by atoms with Crippen molar-refractivity contribution in [3.8, 4) is 0 Å². The van der Waals surface area contributed by atoms with Gasteiger partial charge < -0.3 is 0 Å². The zero-order valence-corrected chi connectivity index (χ0v) is 7.49. The van der Waals surface area contributed by atoms with Gasteiger partial charge in [-0.15, -0.1) is 11.8 Å². The van der Waals surface area contributed by atoms with E-state index in [9.17, 15) is 0 Å². The van der Waals surface area contributed by atoms with Crippen LogP contribution < -0.4 is 0 Å². The van der Waals surface area contributed by atoms with Crippen LogP contribution in [0.15, 0.2) is 11.5 Å². The quantitative estimate of drug-likeness (QED) is 0.590. The second-order valence-electron chi connectivity index (χ2n) is 2.96. The Bertz CT molecular complexity index is 101. The maximum Gasteiger partial charge on any atom is -0.0142 e. The van der Waals surface area contributed by atoms with Crippen LogP contribution in [-0.2, 0) is 0 Å². The molecule has 0 N–H and O–H groups in total. The summed E-state index contributed by atoms with van der Waals surface area (Å²) >= 11 is 1.81. The van der Waals surface area contributed by atoms with E-state index in [0.29, 0.717) is 0 Å². The molecular formula is C9H16S. The van der Waals surface area contributed by atoms with Crippen molar-refractivity contribution >= 4 is 11.8 Å². The molecule has 0 bridgehead atoms. The summed E-state index contributed by atoms with van der Waals surface area (Å²) < 4.78 is 0. The van der Waals surface area contributed by atoms with E-state index in [1.54, 1.807) is 0 Å². The first kappa shape index (κ1) is 8.19. The van der Waals surface area contributed by atoms with Crippen LogP contribution in [0.4, 0.5) is 0 Å². The summed E-state index contributed by atoms with van der Waals surface area (Å²) in [7, 11) is 0. The predicted molar refractivity (Wildman–Crippen MR) is 49.2 cm³/mol. The highest BCUT2D eigenvalue weighted by Gasteiger charge is 2.08. The first-order valence-corrected chi connectivity index (χ1v) is 5.42. The van der Waals surface area contributed by atoms with E-state index < -0.39 is 0 Å². The molecule has 0 unspecified atom stereocenters. The molecule has 0 aromatic rings. The number of hydrogen-bond acceptors (Lipinski definition) is 1. The van der Waals surface area contributed by atoms with E-state index in [2.05, 4.69) is 17.7 Å². The van der Waals surface area contributed by atoms with E-state index in [-0.39, 0.29) is 0 Å². The lowest BCUT2D eigenvalue weighted by Crippen LogP contribution is -2.01. The van der Waals surface area contributed by atoms with Gasteiger partial charge in [-0.3, -0.25) is 0 Å². The molecule has 1 aliphatic carbocycles. The third-order valence-electron chi connectivity index (χ3n) is 2.14.